The Morgan fingerprint density at radius 1 is 1.24 bits per heavy atom. The van der Waals surface area contributed by atoms with Crippen LogP contribution in [0.2, 0.25) is 0 Å². The van der Waals surface area contributed by atoms with Crippen molar-refractivity contribution < 1.29 is 22.7 Å². The number of rotatable bonds is 5. The van der Waals surface area contributed by atoms with E-state index in [1.54, 1.807) is 10.3 Å². The van der Waals surface area contributed by atoms with Gasteiger partial charge >= 0.3 is 5.97 Å². The van der Waals surface area contributed by atoms with Crippen LogP contribution in [0.15, 0.2) is 17.5 Å². The molecular weight excluding hydrogens is 412 g/mol. The molecule has 1 aromatic carbocycles. The molecule has 0 bridgehead atoms. The minimum atomic E-state index is -3.14. The van der Waals surface area contributed by atoms with Crippen molar-refractivity contribution >= 4 is 43.9 Å². The highest BCUT2D eigenvalue weighted by molar-refractivity contribution is 7.91. The van der Waals surface area contributed by atoms with Crippen LogP contribution in [0.3, 0.4) is 0 Å². The minimum Gasteiger partial charge on any atom is -0.459 e. The zero-order chi connectivity index (χ0) is 21.3. The molecule has 1 atom stereocenters. The maximum absolute atomic E-state index is 12.4. The second-order valence-corrected chi connectivity index (χ2v) is 10.5. The van der Waals surface area contributed by atoms with Crippen LogP contribution >= 0.6 is 11.3 Å². The van der Waals surface area contributed by atoms with Gasteiger partial charge in [-0.1, -0.05) is 17.7 Å². The van der Waals surface area contributed by atoms with Crippen LogP contribution < -0.4 is 4.90 Å². The van der Waals surface area contributed by atoms with Crippen molar-refractivity contribution in [2.75, 3.05) is 16.4 Å². The lowest BCUT2D eigenvalue weighted by Crippen LogP contribution is -2.24. The molecule has 2 heterocycles. The van der Waals surface area contributed by atoms with E-state index < -0.39 is 21.7 Å². The number of aryl methyl sites for hydroxylation is 3. The summed E-state index contributed by atoms with van der Waals surface area (Å²) >= 11 is 1.29. The molecule has 1 fully saturated rings. The number of sulfone groups is 1. The lowest BCUT2D eigenvalue weighted by Gasteiger charge is -2.23. The highest BCUT2D eigenvalue weighted by atomic mass is 32.2. The van der Waals surface area contributed by atoms with E-state index in [0.717, 1.165) is 22.4 Å². The summed E-state index contributed by atoms with van der Waals surface area (Å²) in [6, 6.07) is 4.04. The number of nitrogens with zero attached hydrogens (tertiary/aromatic N) is 2. The molecule has 9 heteroatoms. The van der Waals surface area contributed by atoms with Gasteiger partial charge in [-0.25, -0.2) is 13.4 Å². The lowest BCUT2D eigenvalue weighted by atomic mass is 10.0. The minimum absolute atomic E-state index is 0.0242. The molecule has 0 N–H and O–H groups in total. The summed E-state index contributed by atoms with van der Waals surface area (Å²) in [5, 5.41) is 2.24. The van der Waals surface area contributed by atoms with E-state index in [2.05, 4.69) is 4.98 Å². The van der Waals surface area contributed by atoms with Crippen molar-refractivity contribution in [1.82, 2.24) is 4.98 Å². The number of thiazole rings is 1. The molecule has 29 heavy (non-hydrogen) atoms. The van der Waals surface area contributed by atoms with Gasteiger partial charge in [-0.15, -0.1) is 11.3 Å². The van der Waals surface area contributed by atoms with Crippen LogP contribution in [0.5, 0.6) is 0 Å². The largest absolute Gasteiger partial charge is 0.459 e. The molecule has 1 amide bonds. The molecule has 1 saturated heterocycles. The van der Waals surface area contributed by atoms with Gasteiger partial charge in [-0.3, -0.25) is 14.5 Å². The summed E-state index contributed by atoms with van der Waals surface area (Å²) in [6.45, 7) is 7.35. The SMILES string of the molecule is CC(=O)N(c1nc(COC(=O)C2CCS(=O)(=O)C2)cs1)c1c(C)cc(C)cc1C. The van der Waals surface area contributed by atoms with E-state index >= 15 is 0 Å². The summed E-state index contributed by atoms with van der Waals surface area (Å²) < 4.78 is 28.3. The summed E-state index contributed by atoms with van der Waals surface area (Å²) in [7, 11) is -3.14. The number of anilines is 2. The first-order chi connectivity index (χ1) is 13.6. The van der Waals surface area contributed by atoms with Gasteiger partial charge in [0.25, 0.3) is 0 Å². The van der Waals surface area contributed by atoms with Crippen molar-refractivity contribution in [1.29, 1.82) is 0 Å². The number of aromatic nitrogens is 1. The molecule has 1 aliphatic heterocycles. The van der Waals surface area contributed by atoms with Crippen LogP contribution in [-0.4, -0.2) is 36.8 Å². The number of carbonyl (C=O) groups is 2. The van der Waals surface area contributed by atoms with Gasteiger partial charge in [0, 0.05) is 12.3 Å². The maximum Gasteiger partial charge on any atom is 0.310 e. The van der Waals surface area contributed by atoms with Crippen LogP contribution in [-0.2, 0) is 30.8 Å². The van der Waals surface area contributed by atoms with Gasteiger partial charge in [0.1, 0.15) is 6.61 Å². The third kappa shape index (κ3) is 4.84. The zero-order valence-corrected chi connectivity index (χ0v) is 18.5. The standard InChI is InChI=1S/C20H24N2O5S2/c1-12-7-13(2)18(14(3)8-12)22(15(4)23)20-21-17(10-28-20)9-27-19(24)16-5-6-29(25,26)11-16/h7-8,10,16H,5-6,9,11H2,1-4H3. The van der Waals surface area contributed by atoms with E-state index in [1.807, 2.05) is 32.9 Å². The summed E-state index contributed by atoms with van der Waals surface area (Å²) in [5.41, 5.74) is 4.39. The predicted molar refractivity (Wildman–Crippen MR) is 112 cm³/mol. The average Bonchev–Trinajstić information content (AvgIpc) is 3.21. The highest BCUT2D eigenvalue weighted by Gasteiger charge is 2.34. The molecule has 0 radical (unpaired) electrons. The molecule has 1 unspecified atom stereocenters. The molecule has 2 aromatic rings. The Morgan fingerprint density at radius 3 is 2.45 bits per heavy atom. The Morgan fingerprint density at radius 2 is 1.90 bits per heavy atom. The average molecular weight is 437 g/mol. The summed E-state index contributed by atoms with van der Waals surface area (Å²) in [4.78, 5) is 30.6. The second kappa shape index (κ2) is 8.23. The van der Waals surface area contributed by atoms with Crippen molar-refractivity contribution in [2.24, 2.45) is 5.92 Å². The third-order valence-electron chi connectivity index (χ3n) is 4.83. The molecule has 0 aliphatic carbocycles. The van der Waals surface area contributed by atoms with E-state index in [4.69, 9.17) is 4.74 Å². The number of amides is 1. The number of esters is 1. The number of carbonyl (C=O) groups excluding carboxylic acids is 2. The van der Waals surface area contributed by atoms with Crippen molar-refractivity contribution in [3.05, 3.63) is 39.9 Å². The first-order valence-electron chi connectivity index (χ1n) is 9.27. The monoisotopic (exact) mass is 436 g/mol. The molecule has 1 aromatic heterocycles. The lowest BCUT2D eigenvalue weighted by molar-refractivity contribution is -0.149. The van der Waals surface area contributed by atoms with Crippen molar-refractivity contribution in [3.63, 3.8) is 0 Å². The van der Waals surface area contributed by atoms with Crippen LogP contribution in [0.1, 0.15) is 35.7 Å². The topological polar surface area (TPSA) is 93.6 Å². The van der Waals surface area contributed by atoms with Crippen LogP contribution in [0.25, 0.3) is 0 Å². The quantitative estimate of drug-likeness (QED) is 0.668. The Hall–Kier alpha value is -2.26. The van der Waals surface area contributed by atoms with E-state index in [-0.39, 0.29) is 24.0 Å². The summed E-state index contributed by atoms with van der Waals surface area (Å²) in [5.74, 6) is -1.41. The Bertz CT molecular complexity index is 1040. The van der Waals surface area contributed by atoms with Crippen molar-refractivity contribution in [3.8, 4) is 0 Å². The van der Waals surface area contributed by atoms with Crippen molar-refractivity contribution in [2.45, 2.75) is 40.7 Å². The normalized spacial score (nSPS) is 17.9. The smallest absolute Gasteiger partial charge is 0.310 e. The molecule has 156 valence electrons. The highest BCUT2D eigenvalue weighted by Crippen LogP contribution is 2.34. The Balaban J connectivity index is 1.75. The molecule has 0 saturated carbocycles. The first-order valence-corrected chi connectivity index (χ1v) is 12.0. The number of hydrogen-bond acceptors (Lipinski definition) is 7. The second-order valence-electron chi connectivity index (χ2n) is 7.43. The van der Waals surface area contributed by atoms with E-state index in [1.165, 1.54) is 18.3 Å². The first kappa shape index (κ1) is 21.4. The van der Waals surface area contributed by atoms with Gasteiger partial charge < -0.3 is 4.74 Å². The van der Waals surface area contributed by atoms with Gasteiger partial charge in [-0.2, -0.15) is 0 Å². The molecule has 1 aliphatic rings. The maximum atomic E-state index is 12.4. The van der Waals surface area contributed by atoms with Gasteiger partial charge in [0.15, 0.2) is 15.0 Å². The number of hydrogen-bond donors (Lipinski definition) is 0. The molecule has 0 spiro atoms. The Labute approximate surface area is 174 Å². The zero-order valence-electron chi connectivity index (χ0n) is 16.9. The fourth-order valence-electron chi connectivity index (χ4n) is 3.62. The molecular formula is C20H24N2O5S2. The fourth-order valence-corrected chi connectivity index (χ4v) is 6.21. The van der Waals surface area contributed by atoms with Gasteiger partial charge in [0.2, 0.25) is 5.91 Å². The van der Waals surface area contributed by atoms with Crippen LogP contribution in [0, 0.1) is 26.7 Å². The predicted octanol–water partition coefficient (Wildman–Crippen LogP) is 3.23. The molecule has 7 nitrogen and oxygen atoms in total. The van der Waals surface area contributed by atoms with E-state index in [0.29, 0.717) is 17.2 Å². The third-order valence-corrected chi connectivity index (χ3v) is 7.48. The van der Waals surface area contributed by atoms with E-state index in [9.17, 15) is 18.0 Å². The van der Waals surface area contributed by atoms with Crippen LogP contribution in [0.4, 0.5) is 10.8 Å². The number of benzene rings is 1. The van der Waals surface area contributed by atoms with Gasteiger partial charge in [-0.05, 0) is 38.3 Å². The van der Waals surface area contributed by atoms with Gasteiger partial charge in [0.05, 0.1) is 28.8 Å². The molecule has 3 rings (SSSR count). The number of ether oxygens (including phenoxy) is 1. The Kier molecular flexibility index (Phi) is 6.09. The summed E-state index contributed by atoms with van der Waals surface area (Å²) in [6.07, 6.45) is 0.299. The fraction of sp³-hybridized carbons (Fsp3) is 0.450.